The van der Waals surface area contributed by atoms with Gasteiger partial charge in [-0.1, -0.05) is 135 Å². The van der Waals surface area contributed by atoms with Gasteiger partial charge in [0.25, 0.3) is 5.91 Å². The predicted octanol–water partition coefficient (Wildman–Crippen LogP) is 6.22. The monoisotopic (exact) mass is 805 g/mol. The van der Waals surface area contributed by atoms with Crippen molar-refractivity contribution in [3.8, 4) is 0 Å². The van der Waals surface area contributed by atoms with Crippen LogP contribution in [0.3, 0.4) is 0 Å². The van der Waals surface area contributed by atoms with E-state index < -0.39 is 66.1 Å². The summed E-state index contributed by atoms with van der Waals surface area (Å²) >= 11 is 1.32. The Hall–Kier alpha value is -5.92. The number of ether oxygens (including phenoxy) is 3. The molecule has 0 aliphatic carbocycles. The largest absolute Gasteiger partial charge is 0.451 e. The van der Waals surface area contributed by atoms with Crippen molar-refractivity contribution < 1.29 is 43.3 Å². The number of alkyl carbamates (subject to hydrolysis) is 1. The first kappa shape index (κ1) is 41.7. The summed E-state index contributed by atoms with van der Waals surface area (Å²) in [6, 6.07) is 34.9. The van der Waals surface area contributed by atoms with Crippen molar-refractivity contribution in [2.75, 3.05) is 19.0 Å². The molecule has 3 amide bonds. The minimum absolute atomic E-state index is 0.0281. The number of fused-ring (bicyclic) bond motifs is 1. The zero-order chi connectivity index (χ0) is 41.0. The van der Waals surface area contributed by atoms with E-state index in [4.69, 9.17) is 14.2 Å². The number of aliphatic hydroxyl groups is 1. The van der Waals surface area contributed by atoms with Gasteiger partial charge in [0, 0.05) is 12.2 Å². The van der Waals surface area contributed by atoms with Gasteiger partial charge in [-0.2, -0.15) is 0 Å². The second-order valence-electron chi connectivity index (χ2n) is 14.4. The van der Waals surface area contributed by atoms with Gasteiger partial charge < -0.3 is 30.0 Å². The Kier molecular flexibility index (Phi) is 14.4. The highest BCUT2D eigenvalue weighted by molar-refractivity contribution is 8.00. The van der Waals surface area contributed by atoms with Gasteiger partial charge in [0.05, 0.1) is 13.2 Å². The van der Waals surface area contributed by atoms with E-state index in [-0.39, 0.29) is 43.2 Å². The average Bonchev–Trinajstić information content (AvgIpc) is 3.25. The summed E-state index contributed by atoms with van der Waals surface area (Å²) in [5.74, 6) is -2.10. The maximum absolute atomic E-state index is 13.9. The molecule has 58 heavy (non-hydrogen) atoms. The van der Waals surface area contributed by atoms with Gasteiger partial charge in [-0.25, -0.2) is 14.4 Å². The highest BCUT2D eigenvalue weighted by Gasteiger charge is 2.54. The summed E-state index contributed by atoms with van der Waals surface area (Å²) in [4.78, 5) is 68.6. The first-order chi connectivity index (χ1) is 28.1. The van der Waals surface area contributed by atoms with Gasteiger partial charge in [-0.3, -0.25) is 14.5 Å². The van der Waals surface area contributed by atoms with Gasteiger partial charge in [-0.15, -0.1) is 11.8 Å². The summed E-state index contributed by atoms with van der Waals surface area (Å²) in [5, 5.41) is 15.0. The van der Waals surface area contributed by atoms with Crippen LogP contribution in [0.4, 0.5) is 4.79 Å². The van der Waals surface area contributed by atoms with Crippen molar-refractivity contribution in [1.29, 1.82) is 0 Å². The number of nitrogens with zero attached hydrogens (tertiary/aromatic N) is 1. The van der Waals surface area contributed by atoms with Crippen LogP contribution in [0, 0.1) is 5.92 Å². The molecule has 2 aliphatic heterocycles. The van der Waals surface area contributed by atoms with Gasteiger partial charge in [0.2, 0.25) is 5.91 Å². The molecule has 4 aromatic carbocycles. The van der Waals surface area contributed by atoms with E-state index in [1.165, 1.54) is 16.7 Å². The normalized spacial score (nSPS) is 16.7. The lowest BCUT2D eigenvalue weighted by atomic mass is 10.0. The zero-order valence-corrected chi connectivity index (χ0v) is 33.1. The van der Waals surface area contributed by atoms with E-state index in [1.54, 1.807) is 0 Å². The van der Waals surface area contributed by atoms with Crippen molar-refractivity contribution in [2.24, 2.45) is 5.92 Å². The van der Waals surface area contributed by atoms with Crippen LogP contribution in [-0.2, 0) is 33.4 Å². The number of aliphatic hydroxyl groups excluding tert-OH is 1. The van der Waals surface area contributed by atoms with Crippen molar-refractivity contribution in [2.45, 2.75) is 62.8 Å². The van der Waals surface area contributed by atoms with E-state index in [2.05, 4.69) is 10.6 Å². The van der Waals surface area contributed by atoms with Gasteiger partial charge in [-0.05, 0) is 46.6 Å². The van der Waals surface area contributed by atoms with Gasteiger partial charge >= 0.3 is 18.0 Å². The molecule has 302 valence electrons. The maximum atomic E-state index is 13.9. The third kappa shape index (κ3) is 10.3. The number of benzene rings is 4. The highest BCUT2D eigenvalue weighted by atomic mass is 32.2. The standard InChI is InChI=1S/C45H47N3O9S/c1-29(2)27-55-45(54)46-35(43(52)56-39(30-16-7-3-8-17-30)31-18-9-4-10-19-31)24-15-25-36(50)47-37-41(51)48-38(34(26-49)28-58-42(37)48)44(53)57-40(32-20-11-5-12-21-32)33-22-13-6-14-23-33/h3-14,16-23,29,35,37,39-40,42,49H,15,24-28H2,1-2H3,(H,46,54)(H,47,50)/t35?,37?,42-/m1/s1. The molecule has 1 saturated heterocycles. The first-order valence-electron chi connectivity index (χ1n) is 19.3. The molecule has 2 unspecified atom stereocenters. The number of rotatable bonds is 17. The Bertz CT molecular complexity index is 1990. The fourth-order valence-corrected chi connectivity index (χ4v) is 8.05. The van der Waals surface area contributed by atoms with Crippen LogP contribution in [0.2, 0.25) is 0 Å². The molecule has 0 spiro atoms. The summed E-state index contributed by atoms with van der Waals surface area (Å²) in [6.45, 7) is 3.47. The van der Waals surface area contributed by atoms with E-state index in [9.17, 15) is 29.1 Å². The fraction of sp³-hybridized carbons (Fsp3) is 0.311. The third-order valence-corrected chi connectivity index (χ3v) is 11.0. The molecule has 3 atom stereocenters. The number of hydrogen-bond acceptors (Lipinski definition) is 10. The average molecular weight is 806 g/mol. The van der Waals surface area contributed by atoms with Gasteiger partial charge in [0.1, 0.15) is 23.2 Å². The quantitative estimate of drug-likeness (QED) is 0.0636. The summed E-state index contributed by atoms with van der Waals surface area (Å²) in [5.41, 5.74) is 3.28. The number of nitrogens with one attached hydrogen (secondary N) is 2. The Balaban J connectivity index is 1.09. The Morgan fingerprint density at radius 1 is 0.776 bits per heavy atom. The molecule has 4 aromatic rings. The van der Waals surface area contributed by atoms with Crippen molar-refractivity contribution in [3.05, 3.63) is 155 Å². The van der Waals surface area contributed by atoms with Crippen LogP contribution >= 0.6 is 11.8 Å². The first-order valence-corrected chi connectivity index (χ1v) is 20.3. The molecule has 1 fully saturated rings. The molecule has 6 rings (SSSR count). The lowest BCUT2D eigenvalue weighted by Crippen LogP contribution is -2.70. The highest BCUT2D eigenvalue weighted by Crippen LogP contribution is 2.41. The summed E-state index contributed by atoms with van der Waals surface area (Å²) in [7, 11) is 0. The predicted molar refractivity (Wildman–Crippen MR) is 218 cm³/mol. The molecule has 13 heteroatoms. The minimum Gasteiger partial charge on any atom is -0.451 e. The van der Waals surface area contributed by atoms with Crippen molar-refractivity contribution >= 4 is 41.6 Å². The molecule has 0 saturated carbocycles. The number of carbonyl (C=O) groups excluding carboxylic acids is 5. The molecule has 12 nitrogen and oxygen atoms in total. The molecule has 3 N–H and O–H groups in total. The molecule has 0 aromatic heterocycles. The lowest BCUT2D eigenvalue weighted by molar-refractivity contribution is -0.154. The van der Waals surface area contributed by atoms with Crippen LogP contribution < -0.4 is 10.6 Å². The van der Waals surface area contributed by atoms with E-state index in [0.717, 1.165) is 22.3 Å². The Morgan fingerprint density at radius 2 is 1.28 bits per heavy atom. The second kappa shape index (κ2) is 20.0. The minimum atomic E-state index is -1.14. The summed E-state index contributed by atoms with van der Waals surface area (Å²) in [6.07, 6.45) is -2.17. The molecule has 0 bridgehead atoms. The van der Waals surface area contributed by atoms with Crippen LogP contribution in [-0.4, -0.2) is 76.3 Å². The third-order valence-electron chi connectivity index (χ3n) is 9.64. The van der Waals surface area contributed by atoms with Crippen LogP contribution in [0.25, 0.3) is 0 Å². The van der Waals surface area contributed by atoms with E-state index in [1.807, 2.05) is 135 Å². The smallest absolute Gasteiger partial charge is 0.407 e. The molecular weight excluding hydrogens is 759 g/mol. The zero-order valence-electron chi connectivity index (χ0n) is 32.3. The number of carbonyl (C=O) groups is 5. The summed E-state index contributed by atoms with van der Waals surface area (Å²) < 4.78 is 17.4. The van der Waals surface area contributed by atoms with Crippen molar-refractivity contribution in [3.63, 3.8) is 0 Å². The Morgan fingerprint density at radius 3 is 1.76 bits per heavy atom. The van der Waals surface area contributed by atoms with E-state index >= 15 is 0 Å². The fourth-order valence-electron chi connectivity index (χ4n) is 6.71. The number of esters is 2. The van der Waals surface area contributed by atoms with Crippen molar-refractivity contribution in [1.82, 2.24) is 15.5 Å². The molecule has 2 aliphatic rings. The molecule has 2 heterocycles. The molecular formula is C45H47N3O9S. The topological polar surface area (TPSA) is 161 Å². The number of amides is 3. The number of hydrogen-bond donors (Lipinski definition) is 3. The van der Waals surface area contributed by atoms with Crippen LogP contribution in [0.5, 0.6) is 0 Å². The molecule has 0 radical (unpaired) electrons. The lowest BCUT2D eigenvalue weighted by Gasteiger charge is -2.49. The number of thioether (sulfide) groups is 1. The second-order valence-corrected chi connectivity index (χ2v) is 15.5. The maximum Gasteiger partial charge on any atom is 0.407 e. The Labute approximate surface area is 341 Å². The van der Waals surface area contributed by atoms with E-state index in [0.29, 0.717) is 5.57 Å². The van der Waals surface area contributed by atoms with Gasteiger partial charge in [0.15, 0.2) is 12.2 Å². The van der Waals surface area contributed by atoms with Crippen LogP contribution in [0.15, 0.2) is 133 Å². The number of β-lactam (4-membered cyclic amide) rings is 1. The van der Waals surface area contributed by atoms with Crippen LogP contribution in [0.1, 0.15) is 67.6 Å². The SMILES string of the molecule is CC(C)COC(=O)NC(CCCC(=O)NC1C(=O)N2C(C(=O)OC(c3ccccc3)c3ccccc3)=C(CO)CS[C@H]12)C(=O)OC(c1ccccc1)c1ccccc1.